The number of carboxylic acid groups (broad SMARTS) is 1. The molecular formula is C23H28N2O4. The highest BCUT2D eigenvalue weighted by Crippen LogP contribution is 2.32. The van der Waals surface area contributed by atoms with Crippen LogP contribution >= 0.6 is 0 Å². The second-order valence-electron chi connectivity index (χ2n) is 7.62. The summed E-state index contributed by atoms with van der Waals surface area (Å²) in [6.45, 7) is 6.53. The zero-order chi connectivity index (χ0) is 21.0. The molecule has 2 aromatic carbocycles. The lowest BCUT2D eigenvalue weighted by atomic mass is 10.0. The van der Waals surface area contributed by atoms with Crippen molar-refractivity contribution in [3.8, 4) is 5.75 Å². The van der Waals surface area contributed by atoms with Crippen molar-refractivity contribution in [2.45, 2.75) is 51.7 Å². The number of aliphatic carboxylic acids is 1. The molecule has 0 spiro atoms. The van der Waals surface area contributed by atoms with Crippen LogP contribution in [0.15, 0.2) is 48.5 Å². The molecule has 2 N–H and O–H groups in total. The number of rotatable bonds is 7. The molecule has 0 fully saturated rings. The highest BCUT2D eigenvalue weighted by atomic mass is 16.5. The Morgan fingerprint density at radius 2 is 1.90 bits per heavy atom. The minimum absolute atomic E-state index is 0.0857. The molecule has 1 aliphatic rings. The van der Waals surface area contributed by atoms with Crippen LogP contribution in [0.2, 0.25) is 0 Å². The van der Waals surface area contributed by atoms with Crippen molar-refractivity contribution in [2.24, 2.45) is 0 Å². The molecule has 0 radical (unpaired) electrons. The molecule has 0 aromatic heterocycles. The van der Waals surface area contributed by atoms with E-state index in [4.69, 9.17) is 4.74 Å². The van der Waals surface area contributed by atoms with Gasteiger partial charge in [0.25, 0.3) is 0 Å². The van der Waals surface area contributed by atoms with E-state index in [1.807, 2.05) is 36.4 Å². The lowest BCUT2D eigenvalue weighted by molar-refractivity contribution is -0.140. The van der Waals surface area contributed by atoms with Gasteiger partial charge in [0.2, 0.25) is 5.91 Å². The summed E-state index contributed by atoms with van der Waals surface area (Å²) in [5.74, 6) is -0.110. The van der Waals surface area contributed by atoms with E-state index in [9.17, 15) is 14.7 Å². The lowest BCUT2D eigenvalue weighted by Gasteiger charge is -2.26. The zero-order valence-corrected chi connectivity index (χ0v) is 17.1. The third-order valence-corrected chi connectivity index (χ3v) is 5.22. The van der Waals surface area contributed by atoms with Gasteiger partial charge >= 0.3 is 5.97 Å². The van der Waals surface area contributed by atoms with E-state index in [0.29, 0.717) is 30.3 Å². The van der Waals surface area contributed by atoms with Crippen LogP contribution in [0, 0.1) is 0 Å². The fraction of sp³-hybridized carbons (Fsp3) is 0.391. The molecule has 3 rings (SSSR count). The van der Waals surface area contributed by atoms with E-state index in [1.54, 1.807) is 11.8 Å². The fourth-order valence-corrected chi connectivity index (χ4v) is 3.43. The monoisotopic (exact) mass is 396 g/mol. The first kappa shape index (κ1) is 20.9. The number of fused-ring (bicyclic) bond motifs is 1. The summed E-state index contributed by atoms with van der Waals surface area (Å²) in [4.78, 5) is 26.5. The third kappa shape index (κ3) is 4.77. The third-order valence-electron chi connectivity index (χ3n) is 5.22. The van der Waals surface area contributed by atoms with Crippen LogP contribution in [0.5, 0.6) is 5.75 Å². The van der Waals surface area contributed by atoms with Crippen LogP contribution in [0.25, 0.3) is 0 Å². The van der Waals surface area contributed by atoms with E-state index >= 15 is 0 Å². The number of nitrogens with one attached hydrogen (secondary N) is 1. The van der Waals surface area contributed by atoms with Gasteiger partial charge in [0, 0.05) is 0 Å². The molecule has 2 aromatic rings. The van der Waals surface area contributed by atoms with Crippen molar-refractivity contribution in [1.82, 2.24) is 5.32 Å². The van der Waals surface area contributed by atoms with Crippen molar-refractivity contribution in [3.05, 3.63) is 59.7 Å². The molecule has 1 aliphatic heterocycles. The number of carbonyl (C=O) groups is 2. The largest absolute Gasteiger partial charge is 0.489 e. The standard InChI is InChI=1S/C23H28N2O4/c1-4-18(23(27)28)24-19-14-29-21-8-6-5-7-20(21)25(22(19)26)13-16-9-11-17(12-10-16)15(2)3/h5-12,15,18-19,24H,4,13-14H2,1-3H3,(H,27,28)/t18-,19?/m1/s1. The molecular weight excluding hydrogens is 368 g/mol. The van der Waals surface area contributed by atoms with Crippen molar-refractivity contribution >= 4 is 17.6 Å². The molecule has 29 heavy (non-hydrogen) atoms. The summed E-state index contributed by atoms with van der Waals surface area (Å²) in [5.41, 5.74) is 2.94. The van der Waals surface area contributed by atoms with Crippen LogP contribution < -0.4 is 15.0 Å². The second kappa shape index (κ2) is 9.09. The maximum absolute atomic E-state index is 13.4. The summed E-state index contributed by atoms with van der Waals surface area (Å²) in [5, 5.41) is 12.3. The van der Waals surface area contributed by atoms with Gasteiger partial charge in [-0.05, 0) is 35.6 Å². The van der Waals surface area contributed by atoms with Crippen molar-refractivity contribution in [3.63, 3.8) is 0 Å². The minimum Gasteiger partial charge on any atom is -0.489 e. The van der Waals surface area contributed by atoms with E-state index in [2.05, 4.69) is 31.3 Å². The Morgan fingerprint density at radius 1 is 1.21 bits per heavy atom. The maximum atomic E-state index is 13.4. The molecule has 0 aliphatic carbocycles. The summed E-state index contributed by atoms with van der Waals surface area (Å²) >= 11 is 0. The summed E-state index contributed by atoms with van der Waals surface area (Å²) in [6.07, 6.45) is 0.378. The number of hydrogen-bond donors (Lipinski definition) is 2. The average molecular weight is 396 g/mol. The van der Waals surface area contributed by atoms with Gasteiger partial charge in [0.05, 0.1) is 12.2 Å². The van der Waals surface area contributed by atoms with Gasteiger partial charge in [0.15, 0.2) is 0 Å². The Kier molecular flexibility index (Phi) is 6.54. The van der Waals surface area contributed by atoms with Gasteiger partial charge in [0.1, 0.15) is 24.4 Å². The number of anilines is 1. The number of carboxylic acids is 1. The van der Waals surface area contributed by atoms with Crippen LogP contribution in [-0.2, 0) is 16.1 Å². The second-order valence-corrected chi connectivity index (χ2v) is 7.62. The number of hydrogen-bond acceptors (Lipinski definition) is 4. The van der Waals surface area contributed by atoms with Crippen molar-refractivity contribution < 1.29 is 19.4 Å². The van der Waals surface area contributed by atoms with Gasteiger partial charge in [-0.2, -0.15) is 0 Å². The number of amides is 1. The van der Waals surface area contributed by atoms with Crippen LogP contribution in [0.3, 0.4) is 0 Å². The first-order valence-corrected chi connectivity index (χ1v) is 10.0. The van der Waals surface area contributed by atoms with Crippen LogP contribution in [0.1, 0.15) is 44.2 Å². The molecule has 154 valence electrons. The Labute approximate surface area is 171 Å². The molecule has 2 atom stereocenters. The predicted octanol–water partition coefficient (Wildman–Crippen LogP) is 3.56. The smallest absolute Gasteiger partial charge is 0.320 e. The van der Waals surface area contributed by atoms with Gasteiger partial charge in [-0.1, -0.05) is 57.2 Å². The quantitative estimate of drug-likeness (QED) is 0.748. The number of nitrogens with zero attached hydrogens (tertiary/aromatic N) is 1. The number of ether oxygens (including phenoxy) is 1. The SMILES string of the molecule is CC[C@@H](NC1COc2ccccc2N(Cc2ccc(C(C)C)cc2)C1=O)C(=O)O. The number of para-hydroxylation sites is 2. The van der Waals surface area contributed by atoms with Crippen molar-refractivity contribution in [1.29, 1.82) is 0 Å². The lowest BCUT2D eigenvalue weighted by Crippen LogP contribution is -2.53. The first-order valence-electron chi connectivity index (χ1n) is 10.0. The molecule has 6 heteroatoms. The van der Waals surface area contributed by atoms with Gasteiger partial charge in [-0.15, -0.1) is 0 Å². The highest BCUT2D eigenvalue weighted by Gasteiger charge is 2.33. The van der Waals surface area contributed by atoms with Gasteiger partial charge in [-0.3, -0.25) is 14.9 Å². The zero-order valence-electron chi connectivity index (χ0n) is 17.1. The first-order chi connectivity index (χ1) is 13.9. The molecule has 0 saturated heterocycles. The van der Waals surface area contributed by atoms with E-state index in [0.717, 1.165) is 5.56 Å². The van der Waals surface area contributed by atoms with E-state index < -0.39 is 18.1 Å². The van der Waals surface area contributed by atoms with E-state index in [-0.39, 0.29) is 12.5 Å². The minimum atomic E-state index is -0.974. The Bertz CT molecular complexity index is 863. The average Bonchev–Trinajstić information content (AvgIpc) is 2.84. The summed E-state index contributed by atoms with van der Waals surface area (Å²) in [6, 6.07) is 14.1. The number of benzene rings is 2. The fourth-order valence-electron chi connectivity index (χ4n) is 3.43. The van der Waals surface area contributed by atoms with Crippen LogP contribution in [-0.4, -0.2) is 35.7 Å². The van der Waals surface area contributed by atoms with E-state index in [1.165, 1.54) is 5.56 Å². The van der Waals surface area contributed by atoms with Gasteiger partial charge in [-0.25, -0.2) is 0 Å². The molecule has 6 nitrogen and oxygen atoms in total. The molecule has 1 heterocycles. The van der Waals surface area contributed by atoms with Gasteiger partial charge < -0.3 is 14.7 Å². The molecule has 1 unspecified atom stereocenters. The Morgan fingerprint density at radius 3 is 2.52 bits per heavy atom. The molecule has 0 saturated carbocycles. The Balaban J connectivity index is 1.89. The number of carbonyl (C=O) groups excluding carboxylic acids is 1. The Hall–Kier alpha value is -2.86. The predicted molar refractivity (Wildman–Crippen MR) is 112 cm³/mol. The summed E-state index contributed by atoms with van der Waals surface area (Å²) < 4.78 is 5.86. The molecule has 0 bridgehead atoms. The maximum Gasteiger partial charge on any atom is 0.320 e. The summed E-state index contributed by atoms with van der Waals surface area (Å²) in [7, 11) is 0. The van der Waals surface area contributed by atoms with Crippen molar-refractivity contribution in [2.75, 3.05) is 11.5 Å². The van der Waals surface area contributed by atoms with Crippen LogP contribution in [0.4, 0.5) is 5.69 Å². The normalized spacial score (nSPS) is 17.4. The highest BCUT2D eigenvalue weighted by molar-refractivity contribution is 5.99. The molecule has 1 amide bonds. The topological polar surface area (TPSA) is 78.9 Å².